The summed E-state index contributed by atoms with van der Waals surface area (Å²) in [6.45, 7) is 2.24. The van der Waals surface area contributed by atoms with Crippen LogP contribution in [0.3, 0.4) is 0 Å². The van der Waals surface area contributed by atoms with Crippen LogP contribution in [0.5, 0.6) is 0 Å². The van der Waals surface area contributed by atoms with E-state index in [1.807, 2.05) is 12.1 Å². The van der Waals surface area contributed by atoms with E-state index in [0.717, 1.165) is 11.4 Å². The Morgan fingerprint density at radius 2 is 2.17 bits per heavy atom. The van der Waals surface area contributed by atoms with Crippen molar-refractivity contribution in [2.45, 2.75) is 50.7 Å². The van der Waals surface area contributed by atoms with E-state index in [1.54, 1.807) is 0 Å². The summed E-state index contributed by atoms with van der Waals surface area (Å²) in [6.07, 6.45) is 4.80. The van der Waals surface area contributed by atoms with Crippen LogP contribution in [0.2, 0.25) is 5.02 Å². The Hall–Kier alpha value is -0.570. The van der Waals surface area contributed by atoms with Crippen molar-refractivity contribution >= 4 is 11.6 Å². The molecule has 0 aliphatic heterocycles. The lowest BCUT2D eigenvalue weighted by molar-refractivity contribution is 0.138. The molecule has 0 saturated heterocycles. The zero-order chi connectivity index (χ0) is 13.1. The van der Waals surface area contributed by atoms with Crippen LogP contribution in [-0.4, -0.2) is 24.0 Å². The summed E-state index contributed by atoms with van der Waals surface area (Å²) >= 11 is 6.06. The molecule has 3 heteroatoms. The maximum Gasteiger partial charge on any atom is 0.0409 e. The lowest BCUT2D eigenvalue weighted by Crippen LogP contribution is -2.41. The van der Waals surface area contributed by atoms with Crippen molar-refractivity contribution in [1.82, 2.24) is 4.90 Å². The van der Waals surface area contributed by atoms with Gasteiger partial charge in [-0.15, -0.1) is 0 Å². The Morgan fingerprint density at radius 1 is 1.39 bits per heavy atom. The first-order chi connectivity index (χ1) is 8.58. The normalized spacial score (nSPS) is 26.3. The Balaban J connectivity index is 2.05. The van der Waals surface area contributed by atoms with Crippen LogP contribution in [0.1, 0.15) is 44.2 Å². The molecule has 18 heavy (non-hydrogen) atoms. The number of halogens is 1. The number of hydrogen-bond acceptors (Lipinski definition) is 2. The number of rotatable bonds is 3. The fourth-order valence-corrected chi connectivity index (χ4v) is 3.09. The summed E-state index contributed by atoms with van der Waals surface area (Å²) in [5.41, 5.74) is 7.36. The van der Waals surface area contributed by atoms with Gasteiger partial charge in [-0.1, -0.05) is 30.2 Å². The van der Waals surface area contributed by atoms with Gasteiger partial charge in [0.2, 0.25) is 0 Å². The van der Waals surface area contributed by atoms with Crippen molar-refractivity contribution in [3.8, 4) is 0 Å². The van der Waals surface area contributed by atoms with Crippen molar-refractivity contribution < 1.29 is 0 Å². The average Bonchev–Trinajstić information content (AvgIpc) is 2.37. The van der Waals surface area contributed by atoms with Gasteiger partial charge in [0.1, 0.15) is 0 Å². The molecule has 0 bridgehead atoms. The van der Waals surface area contributed by atoms with E-state index < -0.39 is 0 Å². The van der Waals surface area contributed by atoms with E-state index in [4.69, 9.17) is 17.3 Å². The van der Waals surface area contributed by atoms with Gasteiger partial charge in [-0.25, -0.2) is 0 Å². The standard InChI is InChI=1S/C15H23ClN2/c1-11(12-5-3-6-13(16)9-12)18(2)15-8-4-7-14(17)10-15/h3,5-6,9,11,14-15H,4,7-8,10,17H2,1-2H3. The van der Waals surface area contributed by atoms with E-state index in [1.165, 1.54) is 24.8 Å². The Labute approximate surface area is 115 Å². The fraction of sp³-hybridized carbons (Fsp3) is 0.600. The molecule has 1 saturated carbocycles. The third-order valence-corrected chi connectivity index (χ3v) is 4.44. The molecule has 2 N–H and O–H groups in total. The summed E-state index contributed by atoms with van der Waals surface area (Å²) < 4.78 is 0. The van der Waals surface area contributed by atoms with Crippen molar-refractivity contribution in [2.24, 2.45) is 5.73 Å². The molecule has 0 spiro atoms. The summed E-state index contributed by atoms with van der Waals surface area (Å²) in [5.74, 6) is 0. The monoisotopic (exact) mass is 266 g/mol. The molecule has 100 valence electrons. The molecule has 0 aromatic heterocycles. The summed E-state index contributed by atoms with van der Waals surface area (Å²) in [5, 5.41) is 0.813. The van der Waals surface area contributed by atoms with E-state index in [-0.39, 0.29) is 0 Å². The van der Waals surface area contributed by atoms with Crippen LogP contribution in [0.25, 0.3) is 0 Å². The van der Waals surface area contributed by atoms with Crippen LogP contribution in [0.4, 0.5) is 0 Å². The van der Waals surface area contributed by atoms with Gasteiger partial charge >= 0.3 is 0 Å². The largest absolute Gasteiger partial charge is 0.328 e. The SMILES string of the molecule is CC(c1cccc(Cl)c1)N(C)C1CCCC(N)C1. The topological polar surface area (TPSA) is 29.3 Å². The van der Waals surface area contributed by atoms with Crippen LogP contribution in [0, 0.1) is 0 Å². The highest BCUT2D eigenvalue weighted by molar-refractivity contribution is 6.30. The fourth-order valence-electron chi connectivity index (χ4n) is 2.89. The molecule has 0 radical (unpaired) electrons. The minimum absolute atomic E-state index is 0.373. The van der Waals surface area contributed by atoms with E-state index >= 15 is 0 Å². The highest BCUT2D eigenvalue weighted by Crippen LogP contribution is 2.29. The van der Waals surface area contributed by atoms with Crippen LogP contribution in [-0.2, 0) is 0 Å². The lowest BCUT2D eigenvalue weighted by Gasteiger charge is -2.37. The number of benzene rings is 1. The van der Waals surface area contributed by atoms with Crippen LogP contribution in [0.15, 0.2) is 24.3 Å². The van der Waals surface area contributed by atoms with Gasteiger partial charge in [0.25, 0.3) is 0 Å². The first-order valence-electron chi connectivity index (χ1n) is 6.81. The molecule has 1 fully saturated rings. The lowest BCUT2D eigenvalue weighted by atomic mass is 9.89. The van der Waals surface area contributed by atoms with E-state index in [9.17, 15) is 0 Å². The molecular formula is C15H23ClN2. The molecular weight excluding hydrogens is 244 g/mol. The smallest absolute Gasteiger partial charge is 0.0409 e. The quantitative estimate of drug-likeness (QED) is 0.906. The highest BCUT2D eigenvalue weighted by atomic mass is 35.5. The highest BCUT2D eigenvalue weighted by Gasteiger charge is 2.26. The average molecular weight is 267 g/mol. The first kappa shape index (κ1) is 13.9. The summed E-state index contributed by atoms with van der Waals surface area (Å²) in [7, 11) is 2.20. The Bertz CT molecular complexity index is 394. The number of nitrogens with two attached hydrogens (primary N) is 1. The van der Waals surface area contributed by atoms with Crippen molar-refractivity contribution in [3.05, 3.63) is 34.9 Å². The maximum absolute atomic E-state index is 6.08. The molecule has 1 aromatic rings. The third-order valence-electron chi connectivity index (χ3n) is 4.21. The van der Waals surface area contributed by atoms with Crippen LogP contribution >= 0.6 is 11.6 Å². The zero-order valence-electron chi connectivity index (χ0n) is 11.3. The summed E-state index contributed by atoms with van der Waals surface area (Å²) in [4.78, 5) is 2.45. The van der Waals surface area contributed by atoms with Crippen molar-refractivity contribution in [3.63, 3.8) is 0 Å². The first-order valence-corrected chi connectivity index (χ1v) is 7.18. The molecule has 3 unspecified atom stereocenters. The predicted octanol–water partition coefficient (Wildman–Crippen LogP) is 3.60. The second kappa shape index (κ2) is 6.05. The predicted molar refractivity (Wildman–Crippen MR) is 77.9 cm³/mol. The number of nitrogens with zero attached hydrogens (tertiary/aromatic N) is 1. The number of hydrogen-bond donors (Lipinski definition) is 1. The van der Waals surface area contributed by atoms with Crippen molar-refractivity contribution in [2.75, 3.05) is 7.05 Å². The molecule has 1 aromatic carbocycles. The minimum atomic E-state index is 0.373. The Morgan fingerprint density at radius 3 is 2.83 bits per heavy atom. The van der Waals surface area contributed by atoms with E-state index in [2.05, 4.69) is 31.0 Å². The Kier molecular flexibility index (Phi) is 4.66. The van der Waals surface area contributed by atoms with Gasteiger partial charge in [-0.3, -0.25) is 4.90 Å². The molecule has 0 amide bonds. The molecule has 2 rings (SSSR count). The molecule has 3 atom stereocenters. The van der Waals surface area contributed by atoms with E-state index in [0.29, 0.717) is 18.1 Å². The molecule has 2 nitrogen and oxygen atoms in total. The van der Waals surface area contributed by atoms with Gasteiger partial charge < -0.3 is 5.73 Å². The van der Waals surface area contributed by atoms with Crippen LogP contribution < -0.4 is 5.73 Å². The third kappa shape index (κ3) is 3.25. The summed E-state index contributed by atoms with van der Waals surface area (Å²) in [6, 6.07) is 9.52. The zero-order valence-corrected chi connectivity index (χ0v) is 12.0. The van der Waals surface area contributed by atoms with Gasteiger partial charge in [-0.05, 0) is 50.9 Å². The van der Waals surface area contributed by atoms with Gasteiger partial charge in [-0.2, -0.15) is 0 Å². The second-order valence-electron chi connectivity index (χ2n) is 5.48. The molecule has 0 heterocycles. The van der Waals surface area contributed by atoms with Gasteiger partial charge in [0.15, 0.2) is 0 Å². The maximum atomic E-state index is 6.08. The minimum Gasteiger partial charge on any atom is -0.328 e. The molecule has 1 aliphatic carbocycles. The van der Waals surface area contributed by atoms with Gasteiger partial charge in [0.05, 0.1) is 0 Å². The van der Waals surface area contributed by atoms with Gasteiger partial charge in [0, 0.05) is 23.1 Å². The van der Waals surface area contributed by atoms with Crippen molar-refractivity contribution in [1.29, 1.82) is 0 Å². The second-order valence-corrected chi connectivity index (χ2v) is 5.91. The molecule has 1 aliphatic rings.